The van der Waals surface area contributed by atoms with Gasteiger partial charge in [0.05, 0.1) is 5.60 Å². The normalized spacial score (nSPS) is 18.1. The molecule has 0 atom stereocenters. The van der Waals surface area contributed by atoms with Gasteiger partial charge in [0.1, 0.15) is 0 Å². The zero-order valence-corrected chi connectivity index (χ0v) is 12.4. The first-order valence-electron chi connectivity index (χ1n) is 7.53. The molecule has 0 heterocycles. The summed E-state index contributed by atoms with van der Waals surface area (Å²) < 4.78 is 6.32. The first-order valence-corrected chi connectivity index (χ1v) is 7.53. The first-order chi connectivity index (χ1) is 9.20. The van der Waals surface area contributed by atoms with Gasteiger partial charge in [0.15, 0.2) is 0 Å². The third-order valence-electron chi connectivity index (χ3n) is 4.04. The molecule has 0 radical (unpaired) electrons. The summed E-state index contributed by atoms with van der Waals surface area (Å²) in [4.78, 5) is 2.22. The summed E-state index contributed by atoms with van der Waals surface area (Å²) in [5.74, 6) is 0. The summed E-state index contributed by atoms with van der Waals surface area (Å²) in [5, 5.41) is 0. The Morgan fingerprint density at radius 2 is 1.79 bits per heavy atom. The van der Waals surface area contributed by atoms with Crippen LogP contribution in [0.1, 0.15) is 37.7 Å². The minimum atomic E-state index is 0.119. The number of ether oxygens (including phenoxy) is 1. The van der Waals surface area contributed by atoms with Crippen LogP contribution in [0.15, 0.2) is 30.3 Å². The van der Waals surface area contributed by atoms with E-state index < -0.39 is 0 Å². The number of rotatable bonds is 7. The lowest BCUT2D eigenvalue weighted by Gasteiger charge is -2.30. The van der Waals surface area contributed by atoms with E-state index in [1.165, 1.54) is 31.2 Å². The van der Waals surface area contributed by atoms with Crippen molar-refractivity contribution in [1.82, 2.24) is 4.90 Å². The third kappa shape index (κ3) is 4.63. The third-order valence-corrected chi connectivity index (χ3v) is 4.04. The zero-order valence-electron chi connectivity index (χ0n) is 12.4. The fourth-order valence-electron chi connectivity index (χ4n) is 3.03. The average Bonchev–Trinajstić information content (AvgIpc) is 2.85. The van der Waals surface area contributed by atoms with E-state index in [2.05, 4.69) is 49.3 Å². The van der Waals surface area contributed by atoms with Crippen LogP contribution < -0.4 is 0 Å². The zero-order chi connectivity index (χ0) is 13.6. The van der Waals surface area contributed by atoms with Crippen LogP contribution in [0.25, 0.3) is 0 Å². The first kappa shape index (κ1) is 14.5. The standard InChI is InChI=1S/C17H27NO/c1-18(2)13-8-14-19-17(11-6-7-12-17)15-16-9-4-3-5-10-16/h3-5,9-10H,6-8,11-15H2,1-2H3. The average molecular weight is 261 g/mol. The maximum atomic E-state index is 6.32. The van der Waals surface area contributed by atoms with Crippen LogP contribution in [0.2, 0.25) is 0 Å². The highest BCUT2D eigenvalue weighted by Crippen LogP contribution is 2.36. The quantitative estimate of drug-likeness (QED) is 0.696. The summed E-state index contributed by atoms with van der Waals surface area (Å²) in [5.41, 5.74) is 1.53. The molecule has 19 heavy (non-hydrogen) atoms. The van der Waals surface area contributed by atoms with Gasteiger partial charge in [-0.25, -0.2) is 0 Å². The number of nitrogens with zero attached hydrogens (tertiary/aromatic N) is 1. The van der Waals surface area contributed by atoms with Gasteiger partial charge in [-0.2, -0.15) is 0 Å². The Morgan fingerprint density at radius 3 is 2.42 bits per heavy atom. The second-order valence-electron chi connectivity index (χ2n) is 6.06. The lowest BCUT2D eigenvalue weighted by molar-refractivity contribution is -0.0425. The fourth-order valence-corrected chi connectivity index (χ4v) is 3.03. The highest BCUT2D eigenvalue weighted by molar-refractivity contribution is 5.17. The molecule has 0 unspecified atom stereocenters. The minimum absolute atomic E-state index is 0.119. The van der Waals surface area contributed by atoms with E-state index in [1.54, 1.807) is 0 Å². The molecule has 106 valence electrons. The number of hydrogen-bond acceptors (Lipinski definition) is 2. The van der Waals surface area contributed by atoms with Crippen molar-refractivity contribution in [2.45, 2.75) is 44.1 Å². The van der Waals surface area contributed by atoms with Crippen LogP contribution in [0.5, 0.6) is 0 Å². The van der Waals surface area contributed by atoms with Crippen LogP contribution in [-0.2, 0) is 11.2 Å². The van der Waals surface area contributed by atoms with E-state index in [9.17, 15) is 0 Å². The van der Waals surface area contributed by atoms with E-state index in [1.807, 2.05) is 0 Å². The Balaban J connectivity index is 1.87. The van der Waals surface area contributed by atoms with Crippen LogP contribution in [0.3, 0.4) is 0 Å². The van der Waals surface area contributed by atoms with E-state index in [-0.39, 0.29) is 5.60 Å². The molecular weight excluding hydrogens is 234 g/mol. The van der Waals surface area contributed by atoms with Crippen LogP contribution >= 0.6 is 0 Å². The monoisotopic (exact) mass is 261 g/mol. The summed E-state index contributed by atoms with van der Waals surface area (Å²) >= 11 is 0. The molecule has 1 aromatic rings. The fraction of sp³-hybridized carbons (Fsp3) is 0.647. The molecule has 1 aliphatic rings. The smallest absolute Gasteiger partial charge is 0.0722 e. The molecule has 1 saturated carbocycles. The summed E-state index contributed by atoms with van der Waals surface area (Å²) in [6, 6.07) is 10.8. The maximum absolute atomic E-state index is 6.32. The van der Waals surface area contributed by atoms with Crippen molar-refractivity contribution in [3.05, 3.63) is 35.9 Å². The van der Waals surface area contributed by atoms with Gasteiger partial charge in [0, 0.05) is 13.0 Å². The number of benzene rings is 1. The van der Waals surface area contributed by atoms with Gasteiger partial charge in [-0.1, -0.05) is 43.2 Å². The molecule has 0 spiro atoms. The summed E-state index contributed by atoms with van der Waals surface area (Å²) in [6.45, 7) is 2.01. The van der Waals surface area contributed by atoms with E-state index in [0.29, 0.717) is 0 Å². The van der Waals surface area contributed by atoms with Crippen molar-refractivity contribution in [2.24, 2.45) is 0 Å². The Bertz CT molecular complexity index is 355. The molecule has 0 bridgehead atoms. The summed E-state index contributed by atoms with van der Waals surface area (Å²) in [6.07, 6.45) is 7.30. The molecule has 2 heteroatoms. The molecule has 0 amide bonds. The van der Waals surface area contributed by atoms with E-state index in [0.717, 1.165) is 26.0 Å². The topological polar surface area (TPSA) is 12.5 Å². The minimum Gasteiger partial charge on any atom is -0.375 e. The van der Waals surface area contributed by atoms with Crippen molar-refractivity contribution in [1.29, 1.82) is 0 Å². The highest BCUT2D eigenvalue weighted by Gasteiger charge is 2.34. The molecule has 1 aliphatic carbocycles. The lowest BCUT2D eigenvalue weighted by atomic mass is 9.92. The van der Waals surface area contributed by atoms with Crippen LogP contribution in [-0.4, -0.2) is 37.7 Å². The Morgan fingerprint density at radius 1 is 1.11 bits per heavy atom. The second kappa shape index (κ2) is 7.06. The Labute approximate surface area is 117 Å². The van der Waals surface area contributed by atoms with E-state index in [4.69, 9.17) is 4.74 Å². The molecule has 0 aliphatic heterocycles. The van der Waals surface area contributed by atoms with Gasteiger partial charge in [-0.05, 0) is 45.5 Å². The second-order valence-corrected chi connectivity index (χ2v) is 6.06. The van der Waals surface area contributed by atoms with Crippen molar-refractivity contribution in [2.75, 3.05) is 27.2 Å². The Kier molecular flexibility index (Phi) is 5.41. The van der Waals surface area contributed by atoms with Gasteiger partial charge in [-0.15, -0.1) is 0 Å². The van der Waals surface area contributed by atoms with E-state index >= 15 is 0 Å². The largest absolute Gasteiger partial charge is 0.375 e. The predicted octanol–water partition coefficient (Wildman–Crippen LogP) is 3.51. The van der Waals surface area contributed by atoms with Crippen molar-refractivity contribution < 1.29 is 4.74 Å². The molecule has 2 nitrogen and oxygen atoms in total. The number of hydrogen-bond donors (Lipinski definition) is 0. The molecule has 1 aromatic carbocycles. The van der Waals surface area contributed by atoms with Crippen LogP contribution in [0.4, 0.5) is 0 Å². The molecular formula is C17H27NO. The van der Waals surface area contributed by atoms with Gasteiger partial charge >= 0.3 is 0 Å². The van der Waals surface area contributed by atoms with Crippen molar-refractivity contribution >= 4 is 0 Å². The van der Waals surface area contributed by atoms with Gasteiger partial charge in [-0.3, -0.25) is 0 Å². The van der Waals surface area contributed by atoms with Crippen molar-refractivity contribution in [3.8, 4) is 0 Å². The Hall–Kier alpha value is -0.860. The molecule has 1 fully saturated rings. The maximum Gasteiger partial charge on any atom is 0.0722 e. The van der Waals surface area contributed by atoms with Crippen molar-refractivity contribution in [3.63, 3.8) is 0 Å². The summed E-state index contributed by atoms with van der Waals surface area (Å²) in [7, 11) is 4.24. The highest BCUT2D eigenvalue weighted by atomic mass is 16.5. The lowest BCUT2D eigenvalue weighted by Crippen LogP contribution is -2.33. The predicted molar refractivity (Wildman–Crippen MR) is 80.5 cm³/mol. The van der Waals surface area contributed by atoms with Gasteiger partial charge in [0.25, 0.3) is 0 Å². The van der Waals surface area contributed by atoms with Crippen LogP contribution in [0, 0.1) is 0 Å². The van der Waals surface area contributed by atoms with Gasteiger partial charge < -0.3 is 9.64 Å². The molecule has 2 rings (SSSR count). The SMILES string of the molecule is CN(C)CCCOC1(Cc2ccccc2)CCCC1. The molecule has 0 N–H and O–H groups in total. The molecule has 0 aromatic heterocycles. The molecule has 0 saturated heterocycles. The van der Waals surface area contributed by atoms with Gasteiger partial charge in [0.2, 0.25) is 0 Å².